The van der Waals surface area contributed by atoms with Crippen molar-refractivity contribution < 1.29 is 9.13 Å². The lowest BCUT2D eigenvalue weighted by molar-refractivity contribution is 0.413. The second kappa shape index (κ2) is 8.22. The Morgan fingerprint density at radius 3 is 2.23 bits per heavy atom. The molecule has 4 aromatic rings. The van der Waals surface area contributed by atoms with Gasteiger partial charge in [-0.25, -0.2) is 14.4 Å². The molecule has 1 aromatic heterocycles. The summed E-state index contributed by atoms with van der Waals surface area (Å²) in [5.74, 6) is 2.16. The number of methoxy groups -OCH3 is 1. The number of anilines is 2. The average Bonchev–Trinajstić information content (AvgIpc) is 2.84. The SMILES string of the molecule is COc1ccccc1N1CCN(c2nc(-c3ccc(F)cc3)nc3ccccc23)CC1. The Bertz CT molecular complexity index is 1200. The van der Waals surface area contributed by atoms with Crippen LogP contribution in [0.4, 0.5) is 15.9 Å². The quantitative estimate of drug-likeness (QED) is 0.481. The normalized spacial score (nSPS) is 14.1. The van der Waals surface area contributed by atoms with Gasteiger partial charge in [0.05, 0.1) is 18.3 Å². The predicted octanol–water partition coefficient (Wildman–Crippen LogP) is 4.77. The van der Waals surface area contributed by atoms with E-state index in [9.17, 15) is 4.39 Å². The molecule has 0 aliphatic carbocycles. The number of halogens is 1. The van der Waals surface area contributed by atoms with E-state index in [2.05, 4.69) is 21.9 Å². The zero-order valence-corrected chi connectivity index (χ0v) is 17.3. The van der Waals surface area contributed by atoms with Crippen LogP contribution in [0, 0.1) is 5.82 Å². The molecule has 3 aromatic carbocycles. The summed E-state index contributed by atoms with van der Waals surface area (Å²) in [6, 6.07) is 22.5. The van der Waals surface area contributed by atoms with E-state index >= 15 is 0 Å². The summed E-state index contributed by atoms with van der Waals surface area (Å²) < 4.78 is 18.9. The summed E-state index contributed by atoms with van der Waals surface area (Å²) in [6.07, 6.45) is 0. The molecule has 1 fully saturated rings. The summed E-state index contributed by atoms with van der Waals surface area (Å²) >= 11 is 0. The molecule has 1 aliphatic rings. The van der Waals surface area contributed by atoms with Crippen LogP contribution in [0.25, 0.3) is 22.3 Å². The molecule has 0 radical (unpaired) electrons. The van der Waals surface area contributed by atoms with Crippen molar-refractivity contribution in [2.45, 2.75) is 0 Å². The Kier molecular flexibility index (Phi) is 5.12. The Morgan fingerprint density at radius 1 is 0.774 bits per heavy atom. The summed E-state index contributed by atoms with van der Waals surface area (Å²) in [6.45, 7) is 3.40. The maximum absolute atomic E-state index is 13.4. The molecule has 0 unspecified atom stereocenters. The summed E-state index contributed by atoms with van der Waals surface area (Å²) in [4.78, 5) is 14.3. The lowest BCUT2D eigenvalue weighted by atomic mass is 10.1. The third kappa shape index (κ3) is 3.77. The van der Waals surface area contributed by atoms with Gasteiger partial charge in [0.15, 0.2) is 5.82 Å². The molecule has 2 heterocycles. The summed E-state index contributed by atoms with van der Waals surface area (Å²) in [7, 11) is 1.71. The molecule has 156 valence electrons. The number of ether oxygens (including phenoxy) is 1. The van der Waals surface area contributed by atoms with E-state index < -0.39 is 0 Å². The van der Waals surface area contributed by atoms with Gasteiger partial charge in [0, 0.05) is 37.1 Å². The Hall–Kier alpha value is -3.67. The smallest absolute Gasteiger partial charge is 0.162 e. The minimum atomic E-state index is -0.266. The number of rotatable bonds is 4. The van der Waals surface area contributed by atoms with Gasteiger partial charge in [-0.1, -0.05) is 24.3 Å². The number of benzene rings is 3. The second-order valence-corrected chi connectivity index (χ2v) is 7.54. The standard InChI is InChI=1S/C25H23FN4O/c1-31-23-9-5-4-8-22(23)29-14-16-30(17-15-29)25-20-6-2-3-7-21(20)27-24(28-25)18-10-12-19(26)13-11-18/h2-13H,14-17H2,1H3. The van der Waals surface area contributed by atoms with Crippen LogP contribution >= 0.6 is 0 Å². The zero-order valence-electron chi connectivity index (χ0n) is 17.3. The zero-order chi connectivity index (χ0) is 21.2. The van der Waals surface area contributed by atoms with Gasteiger partial charge in [0.2, 0.25) is 0 Å². The van der Waals surface area contributed by atoms with Crippen LogP contribution in [0.5, 0.6) is 5.75 Å². The highest BCUT2D eigenvalue weighted by Crippen LogP contribution is 2.31. The van der Waals surface area contributed by atoms with Crippen LogP contribution in [-0.2, 0) is 0 Å². The average molecular weight is 414 g/mol. The van der Waals surface area contributed by atoms with Crippen molar-refractivity contribution in [1.82, 2.24) is 9.97 Å². The maximum Gasteiger partial charge on any atom is 0.162 e. The van der Waals surface area contributed by atoms with E-state index in [-0.39, 0.29) is 5.82 Å². The van der Waals surface area contributed by atoms with Crippen LogP contribution in [0.2, 0.25) is 0 Å². The first-order chi connectivity index (χ1) is 15.2. The van der Waals surface area contributed by atoms with Crippen molar-refractivity contribution in [3.05, 3.63) is 78.6 Å². The van der Waals surface area contributed by atoms with E-state index in [0.717, 1.165) is 59.9 Å². The van der Waals surface area contributed by atoms with Crippen molar-refractivity contribution in [3.8, 4) is 17.1 Å². The fourth-order valence-electron chi connectivity index (χ4n) is 4.08. The molecule has 0 spiro atoms. The molecule has 0 atom stereocenters. The molecular formula is C25H23FN4O. The third-order valence-corrected chi connectivity index (χ3v) is 5.69. The van der Waals surface area contributed by atoms with E-state index in [1.807, 2.05) is 36.4 Å². The molecule has 0 saturated carbocycles. The number of hydrogen-bond acceptors (Lipinski definition) is 5. The van der Waals surface area contributed by atoms with Crippen LogP contribution in [0.3, 0.4) is 0 Å². The molecule has 31 heavy (non-hydrogen) atoms. The molecular weight excluding hydrogens is 391 g/mol. The second-order valence-electron chi connectivity index (χ2n) is 7.54. The molecule has 1 aliphatic heterocycles. The highest BCUT2D eigenvalue weighted by atomic mass is 19.1. The monoisotopic (exact) mass is 414 g/mol. The molecule has 0 amide bonds. The van der Waals surface area contributed by atoms with Crippen molar-refractivity contribution in [3.63, 3.8) is 0 Å². The maximum atomic E-state index is 13.4. The highest BCUT2D eigenvalue weighted by Gasteiger charge is 2.22. The van der Waals surface area contributed by atoms with Gasteiger partial charge < -0.3 is 14.5 Å². The third-order valence-electron chi connectivity index (χ3n) is 5.69. The lowest BCUT2D eigenvalue weighted by Gasteiger charge is -2.37. The first-order valence-electron chi connectivity index (χ1n) is 10.4. The van der Waals surface area contributed by atoms with Gasteiger partial charge in [-0.15, -0.1) is 0 Å². The molecule has 5 rings (SSSR count). The topological polar surface area (TPSA) is 41.5 Å². The summed E-state index contributed by atoms with van der Waals surface area (Å²) in [5.41, 5.74) is 2.81. The van der Waals surface area contributed by atoms with Gasteiger partial charge in [0.25, 0.3) is 0 Å². The lowest BCUT2D eigenvalue weighted by Crippen LogP contribution is -2.47. The van der Waals surface area contributed by atoms with Crippen molar-refractivity contribution >= 4 is 22.4 Å². The Balaban J connectivity index is 1.47. The van der Waals surface area contributed by atoms with Crippen molar-refractivity contribution in [2.75, 3.05) is 43.1 Å². The fourth-order valence-corrected chi connectivity index (χ4v) is 4.08. The molecule has 5 nitrogen and oxygen atoms in total. The number of hydrogen-bond donors (Lipinski definition) is 0. The molecule has 0 bridgehead atoms. The van der Waals surface area contributed by atoms with Gasteiger partial charge in [-0.3, -0.25) is 0 Å². The Morgan fingerprint density at radius 2 is 1.45 bits per heavy atom. The van der Waals surface area contributed by atoms with Crippen molar-refractivity contribution in [1.29, 1.82) is 0 Å². The van der Waals surface area contributed by atoms with Crippen LogP contribution < -0.4 is 14.5 Å². The number of nitrogens with zero attached hydrogens (tertiary/aromatic N) is 4. The molecule has 1 saturated heterocycles. The first-order valence-corrected chi connectivity index (χ1v) is 10.4. The van der Waals surface area contributed by atoms with Crippen LogP contribution in [0.15, 0.2) is 72.8 Å². The molecule has 6 heteroatoms. The van der Waals surface area contributed by atoms with Crippen molar-refractivity contribution in [2.24, 2.45) is 0 Å². The van der Waals surface area contributed by atoms with E-state index in [1.165, 1.54) is 12.1 Å². The first kappa shape index (κ1) is 19.3. The largest absolute Gasteiger partial charge is 0.495 e. The highest BCUT2D eigenvalue weighted by molar-refractivity contribution is 5.91. The van der Waals surface area contributed by atoms with Gasteiger partial charge in [-0.2, -0.15) is 0 Å². The predicted molar refractivity (Wildman–Crippen MR) is 122 cm³/mol. The van der Waals surface area contributed by atoms with Crippen LogP contribution in [-0.4, -0.2) is 43.3 Å². The van der Waals surface area contributed by atoms with E-state index in [4.69, 9.17) is 14.7 Å². The number of para-hydroxylation sites is 3. The van der Waals surface area contributed by atoms with Gasteiger partial charge in [-0.05, 0) is 48.5 Å². The fraction of sp³-hybridized carbons (Fsp3) is 0.200. The number of fused-ring (bicyclic) bond motifs is 1. The Labute approximate surface area is 180 Å². The number of piperazine rings is 1. The summed E-state index contributed by atoms with van der Waals surface area (Å²) in [5, 5.41) is 1.03. The van der Waals surface area contributed by atoms with E-state index in [0.29, 0.717) is 5.82 Å². The minimum absolute atomic E-state index is 0.266. The van der Waals surface area contributed by atoms with Crippen LogP contribution in [0.1, 0.15) is 0 Å². The van der Waals surface area contributed by atoms with Gasteiger partial charge in [0.1, 0.15) is 17.4 Å². The van der Waals surface area contributed by atoms with E-state index in [1.54, 1.807) is 19.2 Å². The molecule has 0 N–H and O–H groups in total. The number of aromatic nitrogens is 2. The minimum Gasteiger partial charge on any atom is -0.495 e. The van der Waals surface area contributed by atoms with Gasteiger partial charge >= 0.3 is 0 Å².